The molecule has 1 saturated heterocycles. The van der Waals surface area contributed by atoms with E-state index in [0.717, 1.165) is 32.4 Å². The Balaban J connectivity index is 1.01. The van der Waals surface area contributed by atoms with Gasteiger partial charge in [-0.3, -0.25) is 0 Å². The van der Waals surface area contributed by atoms with E-state index in [1.54, 1.807) is 6.20 Å². The fraction of sp³-hybridized carbons (Fsp3) is 0.796. The van der Waals surface area contributed by atoms with Gasteiger partial charge in [0.05, 0.1) is 16.9 Å². The zero-order valence-electron chi connectivity index (χ0n) is 37.5. The molecule has 7 aliphatic rings. The number of nitrogens with zero attached hydrogens (tertiary/aromatic N) is 3. The lowest BCUT2D eigenvalue weighted by molar-refractivity contribution is -0.221. The van der Waals surface area contributed by atoms with E-state index in [-0.39, 0.29) is 27.2 Å². The number of rotatable bonds is 12. The Morgan fingerprint density at radius 1 is 0.983 bits per heavy atom. The zero-order valence-corrected chi connectivity index (χ0v) is 38.3. The number of aromatic nitrogens is 2. The van der Waals surface area contributed by atoms with Crippen LogP contribution in [-0.2, 0) is 14.6 Å². The van der Waals surface area contributed by atoms with Crippen LogP contribution < -0.4 is 10.1 Å². The first kappa shape index (κ1) is 43.5. The summed E-state index contributed by atoms with van der Waals surface area (Å²) in [4.78, 5) is 2.36. The molecule has 1 aromatic rings. The van der Waals surface area contributed by atoms with Crippen molar-refractivity contribution in [2.45, 2.75) is 137 Å². The normalized spacial score (nSPS) is 41.9. The summed E-state index contributed by atoms with van der Waals surface area (Å²) in [6.07, 6.45) is 19.5. The minimum atomic E-state index is -2.87. The second kappa shape index (κ2) is 15.9. The molecule has 1 aliphatic heterocycles. The number of nitrogens with one attached hydrogen (secondary N) is 1. The minimum Gasteiger partial charge on any atom is -0.476 e. The Kier molecular flexibility index (Phi) is 11.7. The Morgan fingerprint density at radius 3 is 2.44 bits per heavy atom. The maximum atomic E-state index is 12.1. The fourth-order valence-electron chi connectivity index (χ4n) is 15.5. The molecule has 8 rings (SSSR count). The van der Waals surface area contributed by atoms with Gasteiger partial charge in [0, 0.05) is 50.6 Å². The lowest BCUT2D eigenvalue weighted by Gasteiger charge is -2.72. The molecule has 10 heteroatoms. The smallest absolute Gasteiger partial charge is 0.233 e. The molecule has 5 fully saturated rings. The van der Waals surface area contributed by atoms with Gasteiger partial charge < -0.3 is 24.8 Å². The largest absolute Gasteiger partial charge is 0.476 e. The molecular formula is C49H76N4O5S. The predicted octanol–water partition coefficient (Wildman–Crippen LogP) is 8.57. The van der Waals surface area contributed by atoms with Gasteiger partial charge in [-0.1, -0.05) is 58.9 Å². The van der Waals surface area contributed by atoms with E-state index in [0.29, 0.717) is 79.7 Å². The molecule has 0 bridgehead atoms. The van der Waals surface area contributed by atoms with Crippen molar-refractivity contribution in [3.05, 3.63) is 53.8 Å². The van der Waals surface area contributed by atoms with Gasteiger partial charge in [0.2, 0.25) is 5.88 Å². The van der Waals surface area contributed by atoms with E-state index in [1.165, 1.54) is 68.1 Å². The average molecular weight is 833 g/mol. The van der Waals surface area contributed by atoms with E-state index in [2.05, 4.69) is 80.7 Å². The Morgan fingerprint density at radius 2 is 1.76 bits per heavy atom. The van der Waals surface area contributed by atoms with Crippen molar-refractivity contribution in [1.82, 2.24) is 20.4 Å². The first-order valence-corrected chi connectivity index (χ1v) is 25.2. The highest BCUT2D eigenvalue weighted by molar-refractivity contribution is 7.91. The molecule has 4 saturated carbocycles. The molecule has 2 N–H and O–H groups in total. The number of aliphatic hydroxyl groups is 1. The molecule has 9 nitrogen and oxygen atoms in total. The number of sulfone groups is 1. The van der Waals surface area contributed by atoms with Crippen LogP contribution >= 0.6 is 0 Å². The van der Waals surface area contributed by atoms with Crippen molar-refractivity contribution in [3.8, 4) is 5.88 Å². The van der Waals surface area contributed by atoms with Crippen LogP contribution in [0.15, 0.2) is 53.8 Å². The molecule has 328 valence electrons. The topological polar surface area (TPSA) is 114 Å². The summed E-state index contributed by atoms with van der Waals surface area (Å²) in [6.45, 7) is 26.1. The minimum absolute atomic E-state index is 0.0489. The van der Waals surface area contributed by atoms with Gasteiger partial charge in [-0.15, -0.1) is 5.10 Å². The van der Waals surface area contributed by atoms with Gasteiger partial charge >= 0.3 is 0 Å². The average Bonchev–Trinajstić information content (AvgIpc) is 3.59. The monoisotopic (exact) mass is 833 g/mol. The van der Waals surface area contributed by atoms with Crippen LogP contribution in [0.3, 0.4) is 0 Å². The first-order valence-electron chi connectivity index (χ1n) is 23.4. The van der Waals surface area contributed by atoms with Gasteiger partial charge in [0.1, 0.15) is 6.61 Å². The summed E-state index contributed by atoms with van der Waals surface area (Å²) in [5, 5.41) is 23.7. The van der Waals surface area contributed by atoms with Crippen LogP contribution in [0.25, 0.3) is 0 Å². The lowest BCUT2D eigenvalue weighted by Crippen LogP contribution is -2.68. The highest BCUT2D eigenvalue weighted by atomic mass is 32.2. The quantitative estimate of drug-likeness (QED) is 0.158. The van der Waals surface area contributed by atoms with Crippen molar-refractivity contribution < 1.29 is 23.0 Å². The van der Waals surface area contributed by atoms with Crippen LogP contribution in [0.5, 0.6) is 5.88 Å². The third-order valence-electron chi connectivity index (χ3n) is 18.9. The number of allylic oxidation sites excluding steroid dienone is 5. The predicted molar refractivity (Wildman–Crippen MR) is 235 cm³/mol. The highest BCUT2D eigenvalue weighted by Crippen LogP contribution is 2.76. The van der Waals surface area contributed by atoms with Crippen molar-refractivity contribution in [2.75, 3.05) is 50.9 Å². The summed E-state index contributed by atoms with van der Waals surface area (Å²) in [5.74, 6) is 4.21. The summed E-state index contributed by atoms with van der Waals surface area (Å²) >= 11 is 0. The number of ether oxygens (including phenoxy) is 2. The van der Waals surface area contributed by atoms with Gasteiger partial charge in [-0.2, -0.15) is 5.10 Å². The second-order valence-corrected chi connectivity index (χ2v) is 24.1. The van der Waals surface area contributed by atoms with E-state index in [9.17, 15) is 13.5 Å². The number of fused-ring (bicyclic) bond motifs is 7. The molecule has 1 aromatic heterocycles. The Labute approximate surface area is 356 Å². The van der Waals surface area contributed by atoms with Crippen LogP contribution in [0, 0.1) is 56.7 Å². The summed E-state index contributed by atoms with van der Waals surface area (Å²) in [7, 11) is -2.87. The van der Waals surface area contributed by atoms with E-state index >= 15 is 0 Å². The molecular weight excluding hydrogens is 757 g/mol. The Bertz CT molecular complexity index is 1890. The molecule has 6 aliphatic carbocycles. The molecule has 5 unspecified atom stereocenters. The van der Waals surface area contributed by atoms with Crippen LogP contribution in [0.2, 0.25) is 0 Å². The SMILES string of the molecule is C=C(C)[C@@H]1CC[C@]2(NCCN3CCS(=O)(=O)CC3)CC[C@]3(C)[C@H](CCC4[C@@]5(C)CC=C(C6=CCC(COc7cccnn7)(C(O)OCC)CC6)C(C)(C)C5CC[C@]43C)C12. The fourth-order valence-corrected chi connectivity index (χ4v) is 16.8. The number of hydrogen-bond donors (Lipinski definition) is 2. The standard InChI is InChI=1S/C49H76N4O5S/c1-9-57-43(54)48(33-58-41-11-10-26-51-52-41)21-14-35(15-22-48)37-17-19-45(6)39(44(37,4)5)18-20-47(8)40(45)13-12-38-42-36(34(2)3)16-23-49(42,25-24-46(38,47)7)50-27-28-53-29-31-59(55,56)32-30-53/h10-11,14,17,26,36,38-40,42-43,50,54H,2,9,12-13,15-16,18-25,27-33H2,1,3-8H3/t36-,38+,39?,40?,42?,43?,45-,46+,47+,48?,49-/m0/s1. The van der Waals surface area contributed by atoms with Gasteiger partial charge in [-0.05, 0) is 159 Å². The van der Waals surface area contributed by atoms with Gasteiger partial charge in [-0.25, -0.2) is 8.42 Å². The first-order chi connectivity index (χ1) is 27.9. The molecule has 2 heterocycles. The summed E-state index contributed by atoms with van der Waals surface area (Å²) < 4.78 is 36.2. The van der Waals surface area contributed by atoms with Crippen molar-refractivity contribution >= 4 is 9.84 Å². The molecule has 0 spiro atoms. The summed E-state index contributed by atoms with van der Waals surface area (Å²) in [5.41, 5.74) is 4.81. The Hall–Kier alpha value is -2.11. The molecule has 11 atom stereocenters. The van der Waals surface area contributed by atoms with E-state index in [4.69, 9.17) is 9.47 Å². The van der Waals surface area contributed by atoms with E-state index in [1.807, 2.05) is 19.1 Å². The maximum absolute atomic E-state index is 12.1. The highest BCUT2D eigenvalue weighted by Gasteiger charge is 2.70. The van der Waals surface area contributed by atoms with Crippen LogP contribution in [0.1, 0.15) is 126 Å². The third kappa shape index (κ3) is 7.32. The maximum Gasteiger partial charge on any atom is 0.233 e. The molecule has 59 heavy (non-hydrogen) atoms. The summed E-state index contributed by atoms with van der Waals surface area (Å²) in [6, 6.07) is 3.64. The lowest BCUT2D eigenvalue weighted by atomic mass is 9.33. The third-order valence-corrected chi connectivity index (χ3v) is 20.5. The number of hydrogen-bond acceptors (Lipinski definition) is 9. The molecule has 0 aromatic carbocycles. The second-order valence-electron chi connectivity index (χ2n) is 21.8. The van der Waals surface area contributed by atoms with Crippen molar-refractivity contribution in [2.24, 2.45) is 56.7 Å². The molecule has 0 amide bonds. The van der Waals surface area contributed by atoms with Gasteiger partial charge in [0.15, 0.2) is 16.1 Å². The van der Waals surface area contributed by atoms with Crippen LogP contribution in [-0.4, -0.2) is 91.3 Å². The molecule has 0 radical (unpaired) electrons. The van der Waals surface area contributed by atoms with Crippen LogP contribution in [0.4, 0.5) is 0 Å². The van der Waals surface area contributed by atoms with E-state index < -0.39 is 21.5 Å². The van der Waals surface area contributed by atoms with Gasteiger partial charge in [0.25, 0.3) is 0 Å². The number of aliphatic hydroxyl groups excluding tert-OH is 1. The zero-order chi connectivity index (χ0) is 42.1. The van der Waals surface area contributed by atoms with Crippen molar-refractivity contribution in [3.63, 3.8) is 0 Å². The van der Waals surface area contributed by atoms with Crippen molar-refractivity contribution in [1.29, 1.82) is 0 Å².